The number of anilines is 1. The van der Waals surface area contributed by atoms with Gasteiger partial charge in [0.05, 0.1) is 6.04 Å². The average molecular weight is 238 g/mol. The van der Waals surface area contributed by atoms with Crippen molar-refractivity contribution in [2.45, 2.75) is 19.9 Å². The van der Waals surface area contributed by atoms with Crippen LogP contribution in [0.15, 0.2) is 18.5 Å². The van der Waals surface area contributed by atoms with Crippen LogP contribution in [0, 0.1) is 6.92 Å². The number of nitrogens with one attached hydrogen (secondary N) is 2. The molecule has 2 N–H and O–H groups in total. The molecule has 0 radical (unpaired) electrons. The summed E-state index contributed by atoms with van der Waals surface area (Å²) in [5, 5.41) is 3.63. The zero-order chi connectivity index (χ0) is 11.5. The van der Waals surface area contributed by atoms with Crippen LogP contribution in [0.4, 0.5) is 5.82 Å². The molecule has 2 aromatic heterocycles. The predicted octanol–water partition coefficient (Wildman–Crippen LogP) is 2.33. The molecule has 0 bridgehead atoms. The lowest BCUT2D eigenvalue weighted by Crippen LogP contribution is -2.10. The summed E-state index contributed by atoms with van der Waals surface area (Å²) in [5.74, 6) is 2.19. The lowest BCUT2D eigenvalue weighted by molar-refractivity contribution is 0.800. The lowest BCUT2D eigenvalue weighted by atomic mass is 10.3. The lowest BCUT2D eigenvalue weighted by Gasteiger charge is -2.12. The molecular formula is C10H12ClN5. The number of halogens is 1. The van der Waals surface area contributed by atoms with Crippen LogP contribution >= 0.6 is 11.6 Å². The van der Waals surface area contributed by atoms with E-state index in [1.165, 1.54) is 0 Å². The van der Waals surface area contributed by atoms with Crippen molar-refractivity contribution in [2.75, 3.05) is 5.32 Å². The predicted molar refractivity (Wildman–Crippen MR) is 62.4 cm³/mol. The highest BCUT2D eigenvalue weighted by molar-refractivity contribution is 6.29. The number of imidazole rings is 1. The molecular weight excluding hydrogens is 226 g/mol. The zero-order valence-electron chi connectivity index (χ0n) is 9.03. The van der Waals surface area contributed by atoms with E-state index in [4.69, 9.17) is 11.6 Å². The second-order valence-corrected chi connectivity index (χ2v) is 3.85. The molecule has 2 aromatic rings. The Morgan fingerprint density at radius 1 is 1.44 bits per heavy atom. The minimum Gasteiger partial charge on any atom is -0.360 e. The van der Waals surface area contributed by atoms with Gasteiger partial charge in [0.25, 0.3) is 0 Å². The van der Waals surface area contributed by atoms with Gasteiger partial charge in [0.1, 0.15) is 22.6 Å². The minimum absolute atomic E-state index is 0.0420. The van der Waals surface area contributed by atoms with Gasteiger partial charge in [-0.05, 0) is 13.8 Å². The first-order valence-electron chi connectivity index (χ1n) is 4.92. The molecule has 2 heterocycles. The van der Waals surface area contributed by atoms with Gasteiger partial charge in [-0.1, -0.05) is 11.6 Å². The third-order valence-electron chi connectivity index (χ3n) is 2.10. The Labute approximate surface area is 98.3 Å². The van der Waals surface area contributed by atoms with Gasteiger partial charge in [-0.2, -0.15) is 0 Å². The first-order valence-corrected chi connectivity index (χ1v) is 5.30. The summed E-state index contributed by atoms with van der Waals surface area (Å²) in [6, 6.07) is 1.73. The fourth-order valence-electron chi connectivity index (χ4n) is 1.41. The van der Waals surface area contributed by atoms with Gasteiger partial charge < -0.3 is 10.3 Å². The second kappa shape index (κ2) is 4.49. The van der Waals surface area contributed by atoms with Crippen molar-refractivity contribution < 1.29 is 0 Å². The van der Waals surface area contributed by atoms with Gasteiger partial charge in [-0.15, -0.1) is 0 Å². The van der Waals surface area contributed by atoms with Crippen LogP contribution < -0.4 is 5.32 Å². The number of rotatable bonds is 3. The molecule has 1 unspecified atom stereocenters. The van der Waals surface area contributed by atoms with Crippen molar-refractivity contribution in [1.82, 2.24) is 19.9 Å². The Hall–Kier alpha value is -1.62. The van der Waals surface area contributed by atoms with E-state index in [9.17, 15) is 0 Å². The Morgan fingerprint density at radius 2 is 2.25 bits per heavy atom. The molecule has 0 fully saturated rings. The molecule has 0 spiro atoms. The van der Waals surface area contributed by atoms with Crippen molar-refractivity contribution in [3.05, 3.63) is 35.3 Å². The summed E-state index contributed by atoms with van der Waals surface area (Å²) in [6.07, 6.45) is 3.50. The highest BCUT2D eigenvalue weighted by Crippen LogP contribution is 2.16. The molecule has 0 aromatic carbocycles. The van der Waals surface area contributed by atoms with Crippen LogP contribution in [0.5, 0.6) is 0 Å². The van der Waals surface area contributed by atoms with Crippen molar-refractivity contribution in [2.24, 2.45) is 0 Å². The topological polar surface area (TPSA) is 66.5 Å². The Bertz CT molecular complexity index is 448. The Kier molecular flexibility index (Phi) is 3.05. The molecule has 0 aliphatic heterocycles. The average Bonchev–Trinajstić information content (AvgIpc) is 2.68. The third kappa shape index (κ3) is 2.49. The van der Waals surface area contributed by atoms with Gasteiger partial charge in [0.2, 0.25) is 0 Å². The van der Waals surface area contributed by atoms with Crippen LogP contribution in [-0.4, -0.2) is 19.9 Å². The SMILES string of the molecule is Cc1nc(Cl)cc(NC(C)c2ncc[nH]2)n1. The van der Waals surface area contributed by atoms with Crippen LogP contribution in [0.1, 0.15) is 24.6 Å². The normalized spacial score (nSPS) is 12.4. The molecule has 0 saturated heterocycles. The van der Waals surface area contributed by atoms with Gasteiger partial charge in [-0.3, -0.25) is 0 Å². The molecule has 5 nitrogen and oxygen atoms in total. The quantitative estimate of drug-likeness (QED) is 0.805. The number of nitrogens with zero attached hydrogens (tertiary/aromatic N) is 3. The first-order chi connectivity index (χ1) is 7.65. The van der Waals surface area contributed by atoms with E-state index in [0.717, 1.165) is 5.82 Å². The number of hydrogen-bond acceptors (Lipinski definition) is 4. The molecule has 0 amide bonds. The largest absolute Gasteiger partial charge is 0.360 e. The van der Waals surface area contributed by atoms with Gasteiger partial charge in [-0.25, -0.2) is 15.0 Å². The summed E-state index contributed by atoms with van der Waals surface area (Å²) in [6.45, 7) is 3.79. The fraction of sp³-hybridized carbons (Fsp3) is 0.300. The maximum absolute atomic E-state index is 5.84. The minimum atomic E-state index is 0.0420. The Balaban J connectivity index is 2.15. The summed E-state index contributed by atoms with van der Waals surface area (Å²) in [4.78, 5) is 15.4. The van der Waals surface area contributed by atoms with Crippen LogP contribution in [0.3, 0.4) is 0 Å². The third-order valence-corrected chi connectivity index (χ3v) is 2.29. The number of aryl methyl sites for hydroxylation is 1. The molecule has 0 saturated carbocycles. The van der Waals surface area contributed by atoms with Crippen LogP contribution in [0.25, 0.3) is 0 Å². The zero-order valence-corrected chi connectivity index (χ0v) is 9.78. The molecule has 84 valence electrons. The van der Waals surface area contributed by atoms with Gasteiger partial charge in [0.15, 0.2) is 0 Å². The van der Waals surface area contributed by atoms with Crippen molar-refractivity contribution in [3.8, 4) is 0 Å². The van der Waals surface area contributed by atoms with Crippen molar-refractivity contribution >= 4 is 17.4 Å². The van der Waals surface area contributed by atoms with E-state index in [1.54, 1.807) is 25.4 Å². The molecule has 2 rings (SSSR count). The molecule has 0 aliphatic carbocycles. The van der Waals surface area contributed by atoms with E-state index in [2.05, 4.69) is 25.3 Å². The summed E-state index contributed by atoms with van der Waals surface area (Å²) in [7, 11) is 0. The smallest absolute Gasteiger partial charge is 0.134 e. The number of aromatic nitrogens is 4. The fourth-order valence-corrected chi connectivity index (χ4v) is 1.64. The van der Waals surface area contributed by atoms with Crippen LogP contribution in [0.2, 0.25) is 5.15 Å². The van der Waals surface area contributed by atoms with Crippen LogP contribution in [-0.2, 0) is 0 Å². The number of hydrogen-bond donors (Lipinski definition) is 2. The van der Waals surface area contributed by atoms with E-state index in [0.29, 0.717) is 16.8 Å². The maximum Gasteiger partial charge on any atom is 0.134 e. The molecule has 1 atom stereocenters. The summed E-state index contributed by atoms with van der Waals surface area (Å²) >= 11 is 5.84. The van der Waals surface area contributed by atoms with Crippen molar-refractivity contribution in [3.63, 3.8) is 0 Å². The molecule has 6 heteroatoms. The van der Waals surface area contributed by atoms with E-state index < -0.39 is 0 Å². The standard InChI is InChI=1S/C10H12ClN5/c1-6(10-12-3-4-13-10)14-9-5-8(11)15-7(2)16-9/h3-6H,1-2H3,(H,12,13)(H,14,15,16). The van der Waals surface area contributed by atoms with E-state index in [-0.39, 0.29) is 6.04 Å². The van der Waals surface area contributed by atoms with E-state index in [1.807, 2.05) is 6.92 Å². The van der Waals surface area contributed by atoms with E-state index >= 15 is 0 Å². The monoisotopic (exact) mass is 237 g/mol. The summed E-state index contributed by atoms with van der Waals surface area (Å²) in [5.41, 5.74) is 0. The van der Waals surface area contributed by atoms with Crippen molar-refractivity contribution in [1.29, 1.82) is 0 Å². The number of aromatic amines is 1. The number of H-pyrrole nitrogens is 1. The van der Waals surface area contributed by atoms with Gasteiger partial charge >= 0.3 is 0 Å². The maximum atomic E-state index is 5.84. The second-order valence-electron chi connectivity index (χ2n) is 3.46. The first kappa shape index (κ1) is 10.9. The molecule has 0 aliphatic rings. The highest BCUT2D eigenvalue weighted by atomic mass is 35.5. The molecule has 16 heavy (non-hydrogen) atoms. The summed E-state index contributed by atoms with van der Waals surface area (Å²) < 4.78 is 0. The Morgan fingerprint density at radius 3 is 2.88 bits per heavy atom. The van der Waals surface area contributed by atoms with Gasteiger partial charge in [0, 0.05) is 18.5 Å². The highest BCUT2D eigenvalue weighted by Gasteiger charge is 2.08.